The minimum atomic E-state index is -0.0494. The molecule has 0 aromatic heterocycles. The smallest absolute Gasteiger partial charge is 0.252 e. The van der Waals surface area contributed by atoms with Crippen molar-refractivity contribution in [2.45, 2.75) is 12.5 Å². The second kappa shape index (κ2) is 5.10. The lowest BCUT2D eigenvalue weighted by molar-refractivity contribution is 0.0940. The summed E-state index contributed by atoms with van der Waals surface area (Å²) in [4.78, 5) is 12.0. The van der Waals surface area contributed by atoms with Crippen molar-refractivity contribution >= 4 is 39.3 Å². The summed E-state index contributed by atoms with van der Waals surface area (Å²) in [7, 11) is 0. The normalized spacial score (nSPS) is 19.7. The van der Waals surface area contributed by atoms with Gasteiger partial charge in [-0.1, -0.05) is 6.07 Å². The second-order valence-electron chi connectivity index (χ2n) is 3.74. The van der Waals surface area contributed by atoms with Crippen LogP contribution in [0.2, 0.25) is 0 Å². The number of nitrogen functional groups attached to an aromatic ring is 1. The second-order valence-corrected chi connectivity index (χ2v) is 5.69. The highest BCUT2D eigenvalue weighted by atomic mass is 79.9. The number of rotatable bonds is 2. The third-order valence-corrected chi connectivity index (χ3v) is 4.59. The van der Waals surface area contributed by atoms with Gasteiger partial charge in [-0.3, -0.25) is 4.79 Å². The van der Waals surface area contributed by atoms with Gasteiger partial charge in [0, 0.05) is 17.5 Å². The molecule has 1 aliphatic rings. The average molecular weight is 301 g/mol. The molecule has 86 valence electrons. The van der Waals surface area contributed by atoms with E-state index in [2.05, 4.69) is 21.2 Å². The van der Waals surface area contributed by atoms with E-state index in [0.717, 1.165) is 17.9 Å². The number of benzene rings is 1. The minimum absolute atomic E-state index is 0.0494. The number of halogens is 1. The molecule has 3 nitrogen and oxygen atoms in total. The summed E-state index contributed by atoms with van der Waals surface area (Å²) in [5, 5.41) is 3.02. The molecule has 1 aliphatic heterocycles. The molecule has 16 heavy (non-hydrogen) atoms. The van der Waals surface area contributed by atoms with Gasteiger partial charge in [-0.25, -0.2) is 0 Å². The van der Waals surface area contributed by atoms with E-state index in [-0.39, 0.29) is 5.91 Å². The first-order valence-electron chi connectivity index (χ1n) is 5.11. The SMILES string of the molecule is Nc1cccc(C(=O)NC2CCSC2)c1Br. The Morgan fingerprint density at radius 3 is 3.06 bits per heavy atom. The van der Waals surface area contributed by atoms with Gasteiger partial charge >= 0.3 is 0 Å². The van der Waals surface area contributed by atoms with Gasteiger partial charge in [0.2, 0.25) is 0 Å². The maximum Gasteiger partial charge on any atom is 0.252 e. The molecule has 1 atom stereocenters. The standard InChI is InChI=1S/C11H13BrN2OS/c12-10-8(2-1-3-9(10)13)11(15)14-7-4-5-16-6-7/h1-3,7H,4-6,13H2,(H,14,15). The van der Waals surface area contributed by atoms with Crippen molar-refractivity contribution in [3.8, 4) is 0 Å². The predicted molar refractivity (Wildman–Crippen MR) is 71.8 cm³/mol. The van der Waals surface area contributed by atoms with Crippen LogP contribution in [0, 0.1) is 0 Å². The van der Waals surface area contributed by atoms with Crippen LogP contribution in [0.5, 0.6) is 0 Å². The van der Waals surface area contributed by atoms with E-state index in [1.165, 1.54) is 0 Å². The summed E-state index contributed by atoms with van der Waals surface area (Å²) >= 11 is 5.21. The van der Waals surface area contributed by atoms with E-state index in [9.17, 15) is 4.79 Å². The number of amides is 1. The van der Waals surface area contributed by atoms with Crippen LogP contribution in [-0.4, -0.2) is 23.5 Å². The molecule has 1 amide bonds. The van der Waals surface area contributed by atoms with Gasteiger partial charge in [0.05, 0.1) is 10.0 Å². The molecule has 1 fully saturated rings. The van der Waals surface area contributed by atoms with Crippen molar-refractivity contribution < 1.29 is 4.79 Å². The first-order valence-corrected chi connectivity index (χ1v) is 7.06. The van der Waals surface area contributed by atoms with Crippen LogP contribution in [0.1, 0.15) is 16.8 Å². The first kappa shape index (κ1) is 11.8. The number of thioether (sulfide) groups is 1. The van der Waals surface area contributed by atoms with Gasteiger partial charge in [0.25, 0.3) is 5.91 Å². The van der Waals surface area contributed by atoms with Gasteiger partial charge in [0.15, 0.2) is 0 Å². The topological polar surface area (TPSA) is 55.1 Å². The molecule has 0 spiro atoms. The van der Waals surface area contributed by atoms with Gasteiger partial charge in [-0.15, -0.1) is 0 Å². The zero-order chi connectivity index (χ0) is 11.5. The maximum absolute atomic E-state index is 12.0. The Balaban J connectivity index is 2.11. The highest BCUT2D eigenvalue weighted by molar-refractivity contribution is 9.10. The van der Waals surface area contributed by atoms with Crippen LogP contribution in [0.3, 0.4) is 0 Å². The lowest BCUT2D eigenvalue weighted by Crippen LogP contribution is -2.34. The number of nitrogens with two attached hydrogens (primary N) is 1. The summed E-state index contributed by atoms with van der Waals surface area (Å²) in [6, 6.07) is 5.63. The Morgan fingerprint density at radius 2 is 2.38 bits per heavy atom. The number of anilines is 1. The maximum atomic E-state index is 12.0. The summed E-state index contributed by atoms with van der Waals surface area (Å²) < 4.78 is 0.679. The highest BCUT2D eigenvalue weighted by Gasteiger charge is 2.19. The molecule has 2 rings (SSSR count). The lowest BCUT2D eigenvalue weighted by atomic mass is 10.1. The molecule has 0 saturated carbocycles. The Kier molecular flexibility index (Phi) is 3.76. The Labute approximate surface area is 107 Å². The van der Waals surface area contributed by atoms with E-state index < -0.39 is 0 Å². The molecule has 1 heterocycles. The number of nitrogens with one attached hydrogen (secondary N) is 1. The van der Waals surface area contributed by atoms with E-state index in [1.54, 1.807) is 18.2 Å². The summed E-state index contributed by atoms with van der Waals surface area (Å²) in [5.41, 5.74) is 6.93. The Morgan fingerprint density at radius 1 is 1.56 bits per heavy atom. The van der Waals surface area contributed by atoms with Crippen LogP contribution < -0.4 is 11.1 Å². The number of carbonyl (C=O) groups is 1. The van der Waals surface area contributed by atoms with Crippen molar-refractivity contribution in [2.75, 3.05) is 17.2 Å². The highest BCUT2D eigenvalue weighted by Crippen LogP contribution is 2.24. The fraction of sp³-hybridized carbons (Fsp3) is 0.364. The number of hydrogen-bond acceptors (Lipinski definition) is 3. The van der Waals surface area contributed by atoms with Gasteiger partial charge in [-0.05, 0) is 40.2 Å². The van der Waals surface area contributed by atoms with E-state index in [0.29, 0.717) is 21.8 Å². The van der Waals surface area contributed by atoms with Crippen molar-refractivity contribution in [3.05, 3.63) is 28.2 Å². The fourth-order valence-corrected chi connectivity index (χ4v) is 3.23. The average Bonchev–Trinajstić information content (AvgIpc) is 2.74. The molecule has 0 radical (unpaired) electrons. The molecule has 0 aliphatic carbocycles. The zero-order valence-corrected chi connectivity index (χ0v) is 11.1. The molecule has 3 N–H and O–H groups in total. The summed E-state index contributed by atoms with van der Waals surface area (Å²) in [6.45, 7) is 0. The van der Waals surface area contributed by atoms with Crippen LogP contribution in [0.4, 0.5) is 5.69 Å². The summed E-state index contributed by atoms with van der Waals surface area (Å²) in [5.74, 6) is 2.08. The molecular formula is C11H13BrN2OS. The third kappa shape index (κ3) is 2.52. The zero-order valence-electron chi connectivity index (χ0n) is 8.70. The number of carbonyl (C=O) groups excluding carboxylic acids is 1. The summed E-state index contributed by atoms with van der Waals surface area (Å²) in [6.07, 6.45) is 1.05. The van der Waals surface area contributed by atoms with Crippen molar-refractivity contribution in [1.82, 2.24) is 5.32 Å². The fourth-order valence-electron chi connectivity index (χ4n) is 1.64. The minimum Gasteiger partial charge on any atom is -0.398 e. The molecule has 1 aromatic carbocycles. The van der Waals surface area contributed by atoms with Crippen molar-refractivity contribution in [1.29, 1.82) is 0 Å². The molecular weight excluding hydrogens is 288 g/mol. The first-order chi connectivity index (χ1) is 7.68. The Bertz CT molecular complexity index is 405. The lowest BCUT2D eigenvalue weighted by Gasteiger charge is -2.12. The predicted octanol–water partition coefficient (Wildman–Crippen LogP) is 2.27. The molecule has 0 bridgehead atoms. The molecule has 1 saturated heterocycles. The Hall–Kier alpha value is -0.680. The van der Waals surface area contributed by atoms with Gasteiger partial charge in [0.1, 0.15) is 0 Å². The molecule has 5 heteroatoms. The molecule has 1 aromatic rings. The van der Waals surface area contributed by atoms with Crippen molar-refractivity contribution in [3.63, 3.8) is 0 Å². The third-order valence-electron chi connectivity index (χ3n) is 2.54. The van der Waals surface area contributed by atoms with Crippen LogP contribution >= 0.6 is 27.7 Å². The van der Waals surface area contributed by atoms with Crippen LogP contribution in [0.15, 0.2) is 22.7 Å². The van der Waals surface area contributed by atoms with Crippen molar-refractivity contribution in [2.24, 2.45) is 0 Å². The monoisotopic (exact) mass is 300 g/mol. The van der Waals surface area contributed by atoms with E-state index in [1.807, 2.05) is 11.8 Å². The number of hydrogen-bond donors (Lipinski definition) is 2. The van der Waals surface area contributed by atoms with E-state index >= 15 is 0 Å². The molecule has 1 unspecified atom stereocenters. The van der Waals surface area contributed by atoms with Gasteiger partial charge < -0.3 is 11.1 Å². The van der Waals surface area contributed by atoms with E-state index in [4.69, 9.17) is 5.73 Å². The largest absolute Gasteiger partial charge is 0.398 e. The quantitative estimate of drug-likeness (QED) is 0.824. The van der Waals surface area contributed by atoms with Crippen LogP contribution in [-0.2, 0) is 0 Å². The van der Waals surface area contributed by atoms with Gasteiger partial charge in [-0.2, -0.15) is 11.8 Å². The van der Waals surface area contributed by atoms with Crippen LogP contribution in [0.25, 0.3) is 0 Å².